The summed E-state index contributed by atoms with van der Waals surface area (Å²) >= 11 is 6.05. The number of aryl methyl sites for hydroxylation is 1. The van der Waals surface area contributed by atoms with Crippen LogP contribution >= 0.6 is 11.6 Å². The second kappa shape index (κ2) is 7.18. The summed E-state index contributed by atoms with van der Waals surface area (Å²) in [6, 6.07) is 12.6. The number of carbonyl (C=O) groups is 1. The number of nitrogens with one attached hydrogen (secondary N) is 2. The lowest BCUT2D eigenvalue weighted by atomic mass is 10.2. The van der Waals surface area contributed by atoms with E-state index in [0.717, 1.165) is 11.3 Å². The van der Waals surface area contributed by atoms with Gasteiger partial charge in [0.05, 0.1) is 12.1 Å². The van der Waals surface area contributed by atoms with Crippen LogP contribution in [0, 0.1) is 6.92 Å². The van der Waals surface area contributed by atoms with E-state index in [9.17, 15) is 4.79 Å². The maximum Gasteiger partial charge on any atom is 0.246 e. The fourth-order valence-electron chi connectivity index (χ4n) is 2.05. The van der Waals surface area contributed by atoms with E-state index in [-0.39, 0.29) is 11.9 Å². The van der Waals surface area contributed by atoms with Crippen molar-refractivity contribution in [1.29, 1.82) is 0 Å². The summed E-state index contributed by atoms with van der Waals surface area (Å²) in [5.74, 6) is 0.438. The van der Waals surface area contributed by atoms with Crippen LogP contribution in [0.2, 0.25) is 5.02 Å². The number of benzene rings is 2. The van der Waals surface area contributed by atoms with E-state index in [1.807, 2.05) is 38.1 Å². The minimum atomic E-state index is -0.373. The van der Waals surface area contributed by atoms with Crippen LogP contribution in [0.1, 0.15) is 12.5 Å². The van der Waals surface area contributed by atoms with Crippen molar-refractivity contribution in [2.45, 2.75) is 19.9 Å². The minimum absolute atomic E-state index is 0.136. The van der Waals surface area contributed by atoms with Crippen LogP contribution in [-0.2, 0) is 4.79 Å². The molecule has 1 amide bonds. The minimum Gasteiger partial charge on any atom is -0.495 e. The molecule has 0 heterocycles. The third kappa shape index (κ3) is 4.15. The van der Waals surface area contributed by atoms with Crippen LogP contribution in [0.25, 0.3) is 0 Å². The van der Waals surface area contributed by atoms with E-state index in [1.54, 1.807) is 25.3 Å². The van der Waals surface area contributed by atoms with Gasteiger partial charge >= 0.3 is 0 Å². The summed E-state index contributed by atoms with van der Waals surface area (Å²) in [5.41, 5.74) is 2.68. The summed E-state index contributed by atoms with van der Waals surface area (Å²) in [6.07, 6.45) is 0. The maximum absolute atomic E-state index is 12.2. The molecule has 1 atom stereocenters. The molecule has 0 fully saturated rings. The number of hydrogen-bond donors (Lipinski definition) is 2. The van der Waals surface area contributed by atoms with Gasteiger partial charge in [0.1, 0.15) is 11.8 Å². The Morgan fingerprint density at radius 2 is 1.95 bits per heavy atom. The molecule has 2 N–H and O–H groups in total. The Bertz CT molecular complexity index is 673. The Morgan fingerprint density at radius 3 is 2.59 bits per heavy atom. The molecule has 4 nitrogen and oxygen atoms in total. The van der Waals surface area contributed by atoms with Crippen molar-refractivity contribution in [2.75, 3.05) is 17.7 Å². The van der Waals surface area contributed by atoms with Crippen LogP contribution in [0.4, 0.5) is 11.4 Å². The third-order valence-electron chi connectivity index (χ3n) is 3.21. The van der Waals surface area contributed by atoms with Crippen molar-refractivity contribution >= 4 is 28.9 Å². The summed E-state index contributed by atoms with van der Waals surface area (Å²) in [7, 11) is 1.55. The van der Waals surface area contributed by atoms with Crippen molar-refractivity contribution in [3.63, 3.8) is 0 Å². The van der Waals surface area contributed by atoms with E-state index in [0.29, 0.717) is 16.5 Å². The molecule has 0 bridgehead atoms. The summed E-state index contributed by atoms with van der Waals surface area (Å²) < 4.78 is 5.09. The predicted molar refractivity (Wildman–Crippen MR) is 90.9 cm³/mol. The molecule has 1 unspecified atom stereocenters. The van der Waals surface area contributed by atoms with Gasteiger partial charge in [-0.05, 0) is 49.7 Å². The van der Waals surface area contributed by atoms with Crippen LogP contribution in [0.3, 0.4) is 0 Å². The second-order valence-corrected chi connectivity index (χ2v) is 5.48. The van der Waals surface area contributed by atoms with Crippen molar-refractivity contribution in [3.05, 3.63) is 53.1 Å². The molecular weight excluding hydrogens is 300 g/mol. The van der Waals surface area contributed by atoms with Gasteiger partial charge in [-0.25, -0.2) is 0 Å². The lowest BCUT2D eigenvalue weighted by Gasteiger charge is -2.16. The van der Waals surface area contributed by atoms with Gasteiger partial charge < -0.3 is 15.4 Å². The van der Waals surface area contributed by atoms with Crippen LogP contribution in [-0.4, -0.2) is 19.1 Å². The first-order valence-electron chi connectivity index (χ1n) is 6.97. The highest BCUT2D eigenvalue weighted by atomic mass is 35.5. The van der Waals surface area contributed by atoms with Gasteiger partial charge in [0, 0.05) is 11.4 Å². The average molecular weight is 319 g/mol. The van der Waals surface area contributed by atoms with E-state index < -0.39 is 0 Å². The molecule has 2 rings (SSSR count). The number of methoxy groups -OCH3 is 1. The number of rotatable bonds is 5. The molecule has 22 heavy (non-hydrogen) atoms. The molecule has 0 saturated carbocycles. The number of carbonyl (C=O) groups excluding carboxylic acids is 1. The Morgan fingerprint density at radius 1 is 1.18 bits per heavy atom. The summed E-state index contributed by atoms with van der Waals surface area (Å²) in [4.78, 5) is 12.2. The molecule has 116 valence electrons. The first kappa shape index (κ1) is 16.2. The Balaban J connectivity index is 2.00. The molecule has 0 saturated heterocycles. The smallest absolute Gasteiger partial charge is 0.246 e. The molecule has 0 radical (unpaired) electrons. The Hall–Kier alpha value is -2.20. The lowest BCUT2D eigenvalue weighted by Crippen LogP contribution is -2.31. The Kier molecular flexibility index (Phi) is 5.28. The highest BCUT2D eigenvalue weighted by Gasteiger charge is 2.13. The van der Waals surface area contributed by atoms with Crippen molar-refractivity contribution < 1.29 is 9.53 Å². The predicted octanol–water partition coefficient (Wildman–Crippen LogP) is 4.10. The average Bonchev–Trinajstić information content (AvgIpc) is 2.47. The van der Waals surface area contributed by atoms with Gasteiger partial charge in [-0.15, -0.1) is 0 Å². The number of anilines is 2. The van der Waals surface area contributed by atoms with Crippen molar-refractivity contribution in [3.8, 4) is 5.75 Å². The highest BCUT2D eigenvalue weighted by Crippen LogP contribution is 2.27. The number of halogens is 1. The molecule has 5 heteroatoms. The number of ether oxygens (including phenoxy) is 1. The van der Waals surface area contributed by atoms with Crippen LogP contribution in [0.15, 0.2) is 42.5 Å². The van der Waals surface area contributed by atoms with Gasteiger partial charge in [0.2, 0.25) is 5.91 Å². The summed E-state index contributed by atoms with van der Waals surface area (Å²) in [5, 5.41) is 6.46. The van der Waals surface area contributed by atoms with E-state index in [1.165, 1.54) is 0 Å². The monoisotopic (exact) mass is 318 g/mol. The molecule has 0 aromatic heterocycles. The maximum atomic E-state index is 12.2. The van der Waals surface area contributed by atoms with Gasteiger partial charge in [-0.1, -0.05) is 23.7 Å². The SMILES string of the molecule is COc1ccc(NC(=O)C(C)Nc2cccc(C)c2)cc1Cl. The quantitative estimate of drug-likeness (QED) is 0.872. The van der Waals surface area contributed by atoms with E-state index in [4.69, 9.17) is 16.3 Å². The molecule has 0 aliphatic rings. The number of amides is 1. The molecular formula is C17H19ClN2O2. The van der Waals surface area contributed by atoms with Crippen LogP contribution in [0.5, 0.6) is 5.75 Å². The topological polar surface area (TPSA) is 50.4 Å². The fraction of sp³-hybridized carbons (Fsp3) is 0.235. The number of hydrogen-bond acceptors (Lipinski definition) is 3. The van der Waals surface area contributed by atoms with Gasteiger partial charge in [0.15, 0.2) is 0 Å². The molecule has 0 aliphatic carbocycles. The zero-order chi connectivity index (χ0) is 16.1. The normalized spacial score (nSPS) is 11.6. The summed E-state index contributed by atoms with van der Waals surface area (Å²) in [6.45, 7) is 3.82. The first-order valence-corrected chi connectivity index (χ1v) is 7.35. The largest absolute Gasteiger partial charge is 0.495 e. The van der Waals surface area contributed by atoms with Gasteiger partial charge in [-0.3, -0.25) is 4.79 Å². The standard InChI is InChI=1S/C17H19ClN2O2/c1-11-5-4-6-13(9-11)19-12(2)17(21)20-14-7-8-16(22-3)15(18)10-14/h4-10,12,19H,1-3H3,(H,20,21). The van der Waals surface area contributed by atoms with Gasteiger partial charge in [-0.2, -0.15) is 0 Å². The third-order valence-corrected chi connectivity index (χ3v) is 3.51. The van der Waals surface area contributed by atoms with Crippen molar-refractivity contribution in [2.24, 2.45) is 0 Å². The molecule has 2 aromatic rings. The zero-order valence-electron chi connectivity index (χ0n) is 12.8. The van der Waals surface area contributed by atoms with E-state index in [2.05, 4.69) is 10.6 Å². The van der Waals surface area contributed by atoms with Crippen molar-refractivity contribution in [1.82, 2.24) is 0 Å². The lowest BCUT2D eigenvalue weighted by molar-refractivity contribution is -0.116. The molecule has 2 aromatic carbocycles. The fourth-order valence-corrected chi connectivity index (χ4v) is 2.30. The zero-order valence-corrected chi connectivity index (χ0v) is 13.6. The van der Waals surface area contributed by atoms with E-state index >= 15 is 0 Å². The van der Waals surface area contributed by atoms with Crippen LogP contribution < -0.4 is 15.4 Å². The second-order valence-electron chi connectivity index (χ2n) is 5.07. The molecule has 0 aliphatic heterocycles. The Labute approximate surface area is 135 Å². The molecule has 0 spiro atoms. The highest BCUT2D eigenvalue weighted by molar-refractivity contribution is 6.32. The van der Waals surface area contributed by atoms with Gasteiger partial charge in [0.25, 0.3) is 0 Å². The first-order chi connectivity index (χ1) is 10.5.